The summed E-state index contributed by atoms with van der Waals surface area (Å²) in [5.74, 6) is 1.51. The van der Waals surface area contributed by atoms with Crippen LogP contribution in [-0.2, 0) is 6.54 Å². The maximum absolute atomic E-state index is 8.79. The fourth-order valence-electron chi connectivity index (χ4n) is 1.66. The van der Waals surface area contributed by atoms with Gasteiger partial charge in [-0.2, -0.15) is 0 Å². The van der Waals surface area contributed by atoms with Gasteiger partial charge in [-0.25, -0.2) is 0 Å². The van der Waals surface area contributed by atoms with Gasteiger partial charge >= 0.3 is 0 Å². The SMILES string of the molecule is COc1cccc(CNCCO)c1OCCN(C)C. The number of hydrogen-bond donors (Lipinski definition) is 2. The van der Waals surface area contributed by atoms with Gasteiger partial charge in [0.15, 0.2) is 11.5 Å². The Hall–Kier alpha value is -1.30. The summed E-state index contributed by atoms with van der Waals surface area (Å²) in [5, 5.41) is 11.9. The van der Waals surface area contributed by atoms with Gasteiger partial charge in [-0.1, -0.05) is 12.1 Å². The predicted octanol–water partition coefficient (Wildman–Crippen LogP) is 0.717. The number of likely N-dealkylation sites (N-methyl/N-ethyl adjacent to an activating group) is 1. The smallest absolute Gasteiger partial charge is 0.165 e. The minimum absolute atomic E-state index is 0.126. The number of hydrogen-bond acceptors (Lipinski definition) is 5. The van der Waals surface area contributed by atoms with Crippen molar-refractivity contribution in [3.8, 4) is 11.5 Å². The molecule has 108 valence electrons. The summed E-state index contributed by atoms with van der Waals surface area (Å²) in [6.45, 7) is 2.80. The summed E-state index contributed by atoms with van der Waals surface area (Å²) in [6.07, 6.45) is 0. The molecule has 1 aromatic carbocycles. The molecule has 5 nitrogen and oxygen atoms in total. The van der Waals surface area contributed by atoms with Gasteiger partial charge < -0.3 is 24.8 Å². The maximum atomic E-state index is 8.79. The minimum Gasteiger partial charge on any atom is -0.493 e. The van der Waals surface area contributed by atoms with E-state index in [9.17, 15) is 0 Å². The van der Waals surface area contributed by atoms with E-state index in [1.54, 1.807) is 7.11 Å². The fraction of sp³-hybridized carbons (Fsp3) is 0.571. The molecule has 0 fully saturated rings. The highest BCUT2D eigenvalue weighted by Gasteiger charge is 2.10. The lowest BCUT2D eigenvalue weighted by Crippen LogP contribution is -2.21. The molecule has 0 aliphatic carbocycles. The molecular formula is C14H24N2O3. The van der Waals surface area contributed by atoms with Gasteiger partial charge in [0.05, 0.1) is 13.7 Å². The van der Waals surface area contributed by atoms with Crippen molar-refractivity contribution in [2.45, 2.75) is 6.54 Å². The molecule has 1 aromatic rings. The lowest BCUT2D eigenvalue weighted by atomic mass is 10.2. The molecule has 0 saturated carbocycles. The van der Waals surface area contributed by atoms with E-state index in [-0.39, 0.29) is 6.61 Å². The van der Waals surface area contributed by atoms with Crippen LogP contribution in [0.3, 0.4) is 0 Å². The Bertz CT molecular complexity index is 370. The number of aliphatic hydroxyl groups is 1. The van der Waals surface area contributed by atoms with Crippen molar-refractivity contribution in [1.82, 2.24) is 10.2 Å². The summed E-state index contributed by atoms with van der Waals surface area (Å²) in [5.41, 5.74) is 1.03. The first-order valence-corrected chi connectivity index (χ1v) is 6.44. The van der Waals surface area contributed by atoms with Crippen LogP contribution < -0.4 is 14.8 Å². The van der Waals surface area contributed by atoms with Gasteiger partial charge in [-0.15, -0.1) is 0 Å². The molecule has 0 unspecified atom stereocenters. The molecule has 1 rings (SSSR count). The summed E-state index contributed by atoms with van der Waals surface area (Å²) < 4.78 is 11.2. The second kappa shape index (κ2) is 8.74. The van der Waals surface area contributed by atoms with Crippen LogP contribution in [0.25, 0.3) is 0 Å². The molecule has 0 radical (unpaired) electrons. The van der Waals surface area contributed by atoms with E-state index in [1.165, 1.54) is 0 Å². The third kappa shape index (κ3) is 5.46. The first-order valence-electron chi connectivity index (χ1n) is 6.44. The molecule has 0 aromatic heterocycles. The summed E-state index contributed by atoms with van der Waals surface area (Å²) in [6, 6.07) is 5.83. The van der Waals surface area contributed by atoms with Gasteiger partial charge in [0.2, 0.25) is 0 Å². The van der Waals surface area contributed by atoms with Crippen LogP contribution in [0.4, 0.5) is 0 Å². The Morgan fingerprint density at radius 3 is 2.74 bits per heavy atom. The number of nitrogens with one attached hydrogen (secondary N) is 1. The molecule has 0 aliphatic heterocycles. The largest absolute Gasteiger partial charge is 0.493 e. The van der Waals surface area contributed by atoms with E-state index in [1.807, 2.05) is 32.3 Å². The number of ether oxygens (including phenoxy) is 2. The van der Waals surface area contributed by atoms with E-state index in [0.717, 1.165) is 23.6 Å². The minimum atomic E-state index is 0.126. The second-order valence-corrected chi connectivity index (χ2v) is 4.50. The molecule has 0 aliphatic rings. The van der Waals surface area contributed by atoms with E-state index in [4.69, 9.17) is 14.6 Å². The summed E-state index contributed by atoms with van der Waals surface area (Å²) >= 11 is 0. The van der Waals surface area contributed by atoms with Gasteiger partial charge in [0.25, 0.3) is 0 Å². The summed E-state index contributed by atoms with van der Waals surface area (Å²) in [4.78, 5) is 2.07. The highest BCUT2D eigenvalue weighted by Crippen LogP contribution is 2.30. The van der Waals surface area contributed by atoms with E-state index >= 15 is 0 Å². The average molecular weight is 268 g/mol. The Labute approximate surface area is 115 Å². The van der Waals surface area contributed by atoms with E-state index in [2.05, 4.69) is 10.2 Å². The first kappa shape index (κ1) is 15.8. The van der Waals surface area contributed by atoms with Crippen molar-refractivity contribution in [1.29, 1.82) is 0 Å². The van der Waals surface area contributed by atoms with Crippen LogP contribution in [0.2, 0.25) is 0 Å². The topological polar surface area (TPSA) is 54.0 Å². The van der Waals surface area contributed by atoms with Gasteiger partial charge in [-0.05, 0) is 20.2 Å². The first-order chi connectivity index (χ1) is 9.19. The van der Waals surface area contributed by atoms with Crippen LogP contribution in [-0.4, -0.2) is 57.5 Å². The number of benzene rings is 1. The zero-order valence-electron chi connectivity index (χ0n) is 12.0. The van der Waals surface area contributed by atoms with Crippen molar-refractivity contribution in [3.05, 3.63) is 23.8 Å². The third-order valence-electron chi connectivity index (χ3n) is 2.67. The molecule has 19 heavy (non-hydrogen) atoms. The number of nitrogens with zero attached hydrogens (tertiary/aromatic N) is 1. The molecule has 0 spiro atoms. The molecule has 2 N–H and O–H groups in total. The van der Waals surface area contributed by atoms with Crippen LogP contribution in [0, 0.1) is 0 Å². The van der Waals surface area contributed by atoms with Crippen molar-refractivity contribution in [2.24, 2.45) is 0 Å². The number of rotatable bonds is 9. The van der Waals surface area contributed by atoms with Crippen LogP contribution in [0.5, 0.6) is 11.5 Å². The lowest BCUT2D eigenvalue weighted by molar-refractivity contribution is 0.247. The molecular weight excluding hydrogens is 244 g/mol. The Morgan fingerprint density at radius 1 is 1.32 bits per heavy atom. The highest BCUT2D eigenvalue weighted by molar-refractivity contribution is 5.46. The quantitative estimate of drug-likeness (QED) is 0.646. The third-order valence-corrected chi connectivity index (χ3v) is 2.67. The summed E-state index contributed by atoms with van der Waals surface area (Å²) in [7, 11) is 5.66. The maximum Gasteiger partial charge on any atom is 0.165 e. The number of para-hydroxylation sites is 1. The average Bonchev–Trinajstić information content (AvgIpc) is 2.40. The molecule has 0 saturated heterocycles. The number of methoxy groups -OCH3 is 1. The Kier molecular flexibility index (Phi) is 7.25. The highest BCUT2D eigenvalue weighted by atomic mass is 16.5. The Balaban J connectivity index is 2.71. The normalized spacial score (nSPS) is 10.8. The molecule has 0 bridgehead atoms. The molecule has 0 amide bonds. The number of aliphatic hydroxyl groups excluding tert-OH is 1. The monoisotopic (exact) mass is 268 g/mol. The Morgan fingerprint density at radius 2 is 2.11 bits per heavy atom. The van der Waals surface area contributed by atoms with Crippen LogP contribution in [0.15, 0.2) is 18.2 Å². The van der Waals surface area contributed by atoms with Crippen molar-refractivity contribution < 1.29 is 14.6 Å². The van der Waals surface area contributed by atoms with Crippen molar-refractivity contribution in [2.75, 3.05) is 47.5 Å². The van der Waals surface area contributed by atoms with Gasteiger partial charge in [0, 0.05) is 25.2 Å². The molecule has 5 heteroatoms. The fourth-order valence-corrected chi connectivity index (χ4v) is 1.66. The van der Waals surface area contributed by atoms with E-state index < -0.39 is 0 Å². The predicted molar refractivity (Wildman–Crippen MR) is 75.8 cm³/mol. The van der Waals surface area contributed by atoms with E-state index in [0.29, 0.717) is 19.7 Å². The second-order valence-electron chi connectivity index (χ2n) is 4.50. The van der Waals surface area contributed by atoms with Gasteiger partial charge in [-0.3, -0.25) is 0 Å². The van der Waals surface area contributed by atoms with Crippen LogP contribution >= 0.6 is 0 Å². The van der Waals surface area contributed by atoms with Crippen molar-refractivity contribution >= 4 is 0 Å². The van der Waals surface area contributed by atoms with Crippen molar-refractivity contribution in [3.63, 3.8) is 0 Å². The van der Waals surface area contributed by atoms with Gasteiger partial charge in [0.1, 0.15) is 6.61 Å². The molecule has 0 heterocycles. The lowest BCUT2D eigenvalue weighted by Gasteiger charge is -2.17. The van der Waals surface area contributed by atoms with Crippen LogP contribution in [0.1, 0.15) is 5.56 Å². The zero-order chi connectivity index (χ0) is 14.1. The zero-order valence-corrected chi connectivity index (χ0v) is 12.0. The standard InChI is InChI=1S/C14H24N2O3/c1-16(2)8-10-19-14-12(11-15-7-9-17)5-4-6-13(14)18-3/h4-6,15,17H,7-11H2,1-3H3. The molecule has 0 atom stereocenters.